The van der Waals surface area contributed by atoms with Crippen molar-refractivity contribution in [3.05, 3.63) is 17.6 Å². The summed E-state index contributed by atoms with van der Waals surface area (Å²) in [6.45, 7) is 9.75. The van der Waals surface area contributed by atoms with Crippen LogP contribution in [0.2, 0.25) is 0 Å². The molecule has 1 atom stereocenters. The standard InChI is InChI=1S/C18H28N6/c1-14-7-6-8-22(12-14)13-16-20-18-19-15(2)11-17(24(18)21-16)23-9-4-3-5-10-23/h11,14H,3-10,12-13H2,1-2H3/t14-/m0/s1. The Hall–Kier alpha value is -1.69. The number of aryl methyl sites for hydroxylation is 1. The number of hydrogen-bond acceptors (Lipinski definition) is 5. The Bertz CT molecular complexity index is 703. The first-order valence-corrected chi connectivity index (χ1v) is 9.39. The first-order chi connectivity index (χ1) is 11.7. The van der Waals surface area contributed by atoms with Gasteiger partial charge >= 0.3 is 0 Å². The minimum atomic E-state index is 0.746. The molecule has 4 rings (SSSR count). The van der Waals surface area contributed by atoms with Crippen molar-refractivity contribution in [1.82, 2.24) is 24.5 Å². The predicted octanol–water partition coefficient (Wildman–Crippen LogP) is 2.65. The molecule has 24 heavy (non-hydrogen) atoms. The van der Waals surface area contributed by atoms with Crippen LogP contribution in [0.4, 0.5) is 5.82 Å². The van der Waals surface area contributed by atoms with Gasteiger partial charge in [0, 0.05) is 31.4 Å². The molecule has 4 heterocycles. The lowest BCUT2D eigenvalue weighted by Gasteiger charge is -2.29. The van der Waals surface area contributed by atoms with E-state index in [9.17, 15) is 0 Å². The fraction of sp³-hybridized carbons (Fsp3) is 0.722. The van der Waals surface area contributed by atoms with Crippen LogP contribution in [0.3, 0.4) is 0 Å². The molecule has 0 spiro atoms. The van der Waals surface area contributed by atoms with E-state index < -0.39 is 0 Å². The lowest BCUT2D eigenvalue weighted by Crippen LogP contribution is -2.34. The van der Waals surface area contributed by atoms with E-state index in [1.54, 1.807) is 0 Å². The van der Waals surface area contributed by atoms with Crippen molar-refractivity contribution < 1.29 is 0 Å². The zero-order valence-electron chi connectivity index (χ0n) is 14.9. The van der Waals surface area contributed by atoms with Gasteiger partial charge in [0.25, 0.3) is 5.78 Å². The summed E-state index contributed by atoms with van der Waals surface area (Å²) < 4.78 is 1.96. The topological polar surface area (TPSA) is 49.6 Å². The summed E-state index contributed by atoms with van der Waals surface area (Å²) in [5, 5.41) is 4.81. The molecule has 0 N–H and O–H groups in total. The Labute approximate surface area is 143 Å². The summed E-state index contributed by atoms with van der Waals surface area (Å²) in [5.74, 6) is 3.58. The quantitative estimate of drug-likeness (QED) is 0.867. The van der Waals surface area contributed by atoms with Crippen molar-refractivity contribution in [3.8, 4) is 0 Å². The van der Waals surface area contributed by atoms with Crippen molar-refractivity contribution in [2.24, 2.45) is 5.92 Å². The van der Waals surface area contributed by atoms with Crippen LogP contribution in [0.15, 0.2) is 6.07 Å². The van der Waals surface area contributed by atoms with Gasteiger partial charge in [-0.15, -0.1) is 5.10 Å². The molecule has 0 amide bonds. The van der Waals surface area contributed by atoms with Crippen molar-refractivity contribution in [1.29, 1.82) is 0 Å². The van der Waals surface area contributed by atoms with Gasteiger partial charge in [0.05, 0.1) is 6.54 Å². The van der Waals surface area contributed by atoms with E-state index in [0.29, 0.717) is 0 Å². The summed E-state index contributed by atoms with van der Waals surface area (Å²) in [5.41, 5.74) is 1.02. The minimum absolute atomic E-state index is 0.746. The molecular weight excluding hydrogens is 300 g/mol. The summed E-state index contributed by atoms with van der Waals surface area (Å²) >= 11 is 0. The van der Waals surface area contributed by atoms with Gasteiger partial charge in [0.1, 0.15) is 5.82 Å². The average Bonchev–Trinajstić information content (AvgIpc) is 2.97. The van der Waals surface area contributed by atoms with E-state index in [1.807, 2.05) is 11.4 Å². The first-order valence-electron chi connectivity index (χ1n) is 9.39. The number of hydrogen-bond donors (Lipinski definition) is 0. The monoisotopic (exact) mass is 328 g/mol. The van der Waals surface area contributed by atoms with E-state index in [0.717, 1.165) is 61.8 Å². The number of piperidine rings is 2. The Balaban J connectivity index is 1.61. The summed E-state index contributed by atoms with van der Waals surface area (Å²) in [7, 11) is 0. The molecule has 0 unspecified atom stereocenters. The number of likely N-dealkylation sites (tertiary alicyclic amines) is 1. The highest BCUT2D eigenvalue weighted by Gasteiger charge is 2.20. The highest BCUT2D eigenvalue weighted by Crippen LogP contribution is 2.22. The molecule has 2 aliphatic rings. The zero-order chi connectivity index (χ0) is 16.5. The number of anilines is 1. The van der Waals surface area contributed by atoms with Crippen molar-refractivity contribution in [2.45, 2.75) is 52.5 Å². The Kier molecular flexibility index (Phi) is 4.39. The average molecular weight is 328 g/mol. The van der Waals surface area contributed by atoms with E-state index in [2.05, 4.69) is 27.8 Å². The molecule has 2 aliphatic heterocycles. The molecule has 130 valence electrons. The highest BCUT2D eigenvalue weighted by molar-refractivity contribution is 5.47. The third-order valence-corrected chi connectivity index (χ3v) is 5.25. The van der Waals surface area contributed by atoms with E-state index in [4.69, 9.17) is 10.1 Å². The third-order valence-electron chi connectivity index (χ3n) is 5.25. The number of nitrogens with zero attached hydrogens (tertiary/aromatic N) is 6. The molecule has 2 aromatic rings. The van der Waals surface area contributed by atoms with Crippen molar-refractivity contribution in [3.63, 3.8) is 0 Å². The largest absolute Gasteiger partial charge is 0.356 e. The summed E-state index contributed by atoms with van der Waals surface area (Å²) in [4.78, 5) is 14.2. The second kappa shape index (κ2) is 6.67. The van der Waals surface area contributed by atoms with Crippen molar-refractivity contribution >= 4 is 11.6 Å². The SMILES string of the molecule is Cc1cc(N2CCCCC2)n2nc(CN3CCC[C@H](C)C3)nc2n1. The van der Waals surface area contributed by atoms with Gasteiger partial charge in [0.15, 0.2) is 5.82 Å². The predicted molar refractivity (Wildman–Crippen MR) is 95.3 cm³/mol. The third kappa shape index (κ3) is 3.24. The second-order valence-corrected chi connectivity index (χ2v) is 7.53. The maximum absolute atomic E-state index is 4.81. The maximum Gasteiger partial charge on any atom is 0.254 e. The van der Waals surface area contributed by atoms with Crippen LogP contribution in [0.25, 0.3) is 5.78 Å². The van der Waals surface area contributed by atoms with E-state index in [-0.39, 0.29) is 0 Å². The van der Waals surface area contributed by atoms with Gasteiger partial charge in [-0.3, -0.25) is 4.90 Å². The van der Waals surface area contributed by atoms with Gasteiger partial charge in [-0.25, -0.2) is 4.98 Å². The smallest absolute Gasteiger partial charge is 0.254 e. The van der Waals surface area contributed by atoms with Crippen LogP contribution in [-0.4, -0.2) is 50.7 Å². The van der Waals surface area contributed by atoms with Crippen LogP contribution in [0.1, 0.15) is 50.5 Å². The Morgan fingerprint density at radius 1 is 1.08 bits per heavy atom. The molecule has 0 saturated carbocycles. The van der Waals surface area contributed by atoms with Gasteiger partial charge in [0.2, 0.25) is 0 Å². The van der Waals surface area contributed by atoms with E-state index in [1.165, 1.54) is 32.1 Å². The van der Waals surface area contributed by atoms with Crippen LogP contribution in [0.5, 0.6) is 0 Å². The molecule has 0 radical (unpaired) electrons. The molecule has 2 aromatic heterocycles. The van der Waals surface area contributed by atoms with Gasteiger partial charge in [-0.05, 0) is 51.5 Å². The van der Waals surface area contributed by atoms with Crippen LogP contribution >= 0.6 is 0 Å². The molecule has 0 bridgehead atoms. The second-order valence-electron chi connectivity index (χ2n) is 7.53. The number of aromatic nitrogens is 4. The van der Waals surface area contributed by atoms with E-state index >= 15 is 0 Å². The van der Waals surface area contributed by atoms with Gasteiger partial charge < -0.3 is 4.90 Å². The molecule has 6 heteroatoms. The molecule has 0 aliphatic carbocycles. The van der Waals surface area contributed by atoms with Crippen LogP contribution in [-0.2, 0) is 6.54 Å². The van der Waals surface area contributed by atoms with Gasteiger partial charge in [-0.1, -0.05) is 6.92 Å². The molecule has 2 saturated heterocycles. The van der Waals surface area contributed by atoms with Crippen LogP contribution < -0.4 is 4.90 Å². The highest BCUT2D eigenvalue weighted by atomic mass is 15.4. The summed E-state index contributed by atoms with van der Waals surface area (Å²) in [6.07, 6.45) is 6.48. The maximum atomic E-state index is 4.81. The number of fused-ring (bicyclic) bond motifs is 1. The Morgan fingerprint density at radius 3 is 2.71 bits per heavy atom. The van der Waals surface area contributed by atoms with Crippen molar-refractivity contribution in [2.75, 3.05) is 31.1 Å². The lowest BCUT2D eigenvalue weighted by molar-refractivity contribution is 0.173. The molecule has 2 fully saturated rings. The van der Waals surface area contributed by atoms with Gasteiger partial charge in [-0.2, -0.15) is 9.50 Å². The first kappa shape index (κ1) is 15.8. The lowest BCUT2D eigenvalue weighted by atomic mass is 10.0. The molecule has 6 nitrogen and oxygen atoms in total. The Morgan fingerprint density at radius 2 is 1.92 bits per heavy atom. The fourth-order valence-electron chi connectivity index (χ4n) is 4.05. The normalized spacial score (nSPS) is 23.1. The van der Waals surface area contributed by atoms with Crippen LogP contribution in [0, 0.1) is 12.8 Å². The molecule has 0 aromatic carbocycles. The minimum Gasteiger partial charge on any atom is -0.356 e. The molecular formula is C18H28N6. The fourth-order valence-corrected chi connectivity index (χ4v) is 4.05. The summed E-state index contributed by atoms with van der Waals surface area (Å²) in [6, 6.07) is 2.15. The zero-order valence-corrected chi connectivity index (χ0v) is 14.9. The number of rotatable bonds is 3.